The van der Waals surface area contributed by atoms with Crippen LogP contribution in [-0.4, -0.2) is 40.3 Å². The molecule has 0 amide bonds. The monoisotopic (exact) mass is 250 g/mol. The Balaban J connectivity index is 1.94. The van der Waals surface area contributed by atoms with Gasteiger partial charge in [0, 0.05) is 19.1 Å². The van der Waals surface area contributed by atoms with Crippen LogP contribution in [0, 0.1) is 0 Å². The molecule has 1 saturated heterocycles. The predicted molar refractivity (Wildman–Crippen MR) is 72.5 cm³/mol. The van der Waals surface area contributed by atoms with Crippen molar-refractivity contribution in [2.75, 3.05) is 18.8 Å². The smallest absolute Gasteiger partial charge is 0.138 e. The molecule has 1 aliphatic rings. The number of aromatic hydroxyl groups is 1. The van der Waals surface area contributed by atoms with E-state index in [0.717, 1.165) is 37.9 Å². The summed E-state index contributed by atoms with van der Waals surface area (Å²) in [5, 5.41) is 18.9. The molecule has 1 heterocycles. The fraction of sp³-hybridized carbons (Fsp3) is 0.571. The van der Waals surface area contributed by atoms with Crippen LogP contribution in [0.3, 0.4) is 0 Å². The number of phenolic OH excluding ortho intramolecular Hbond substituents is 1. The third-order valence-electron chi connectivity index (χ3n) is 3.75. The van der Waals surface area contributed by atoms with Gasteiger partial charge in [0.05, 0.1) is 11.8 Å². The molecule has 0 saturated carbocycles. The number of likely N-dealkylation sites (tertiary alicyclic amines) is 1. The molecule has 1 atom stereocenters. The van der Waals surface area contributed by atoms with Gasteiger partial charge in [-0.15, -0.1) is 0 Å². The molecule has 2 rings (SSSR count). The summed E-state index contributed by atoms with van der Waals surface area (Å²) in [7, 11) is 0. The van der Waals surface area contributed by atoms with Crippen molar-refractivity contribution >= 4 is 5.69 Å². The highest BCUT2D eigenvalue weighted by atomic mass is 16.3. The number of hydrogen-bond donors (Lipinski definition) is 3. The summed E-state index contributed by atoms with van der Waals surface area (Å²) >= 11 is 0. The van der Waals surface area contributed by atoms with Crippen molar-refractivity contribution in [2.45, 2.75) is 38.3 Å². The van der Waals surface area contributed by atoms with E-state index in [1.807, 2.05) is 12.1 Å². The minimum Gasteiger partial charge on any atom is -0.506 e. The lowest BCUT2D eigenvalue weighted by atomic mass is 10.0. The number of nitrogen functional groups attached to an aromatic ring is 1. The molecule has 0 spiro atoms. The fourth-order valence-corrected chi connectivity index (χ4v) is 2.53. The molecular weight excluding hydrogens is 228 g/mol. The summed E-state index contributed by atoms with van der Waals surface area (Å²) in [6.45, 7) is 4.10. The van der Waals surface area contributed by atoms with Gasteiger partial charge in [-0.3, -0.25) is 0 Å². The zero-order chi connectivity index (χ0) is 13.1. The van der Waals surface area contributed by atoms with Crippen molar-refractivity contribution in [1.29, 1.82) is 0 Å². The second-order valence-corrected chi connectivity index (χ2v) is 5.21. The molecular formula is C14H22N2O2. The van der Waals surface area contributed by atoms with E-state index in [4.69, 9.17) is 5.73 Å². The first kappa shape index (κ1) is 13.2. The van der Waals surface area contributed by atoms with Crippen molar-refractivity contribution in [1.82, 2.24) is 4.90 Å². The molecule has 0 aliphatic carbocycles. The number of benzene rings is 1. The lowest BCUT2D eigenvalue weighted by Crippen LogP contribution is -2.42. The van der Waals surface area contributed by atoms with E-state index in [9.17, 15) is 10.2 Å². The summed E-state index contributed by atoms with van der Waals surface area (Å²) in [5.41, 5.74) is 7.28. The van der Waals surface area contributed by atoms with Gasteiger partial charge in [-0.25, -0.2) is 0 Å². The van der Waals surface area contributed by atoms with Crippen LogP contribution in [0.25, 0.3) is 0 Å². The molecule has 1 aromatic carbocycles. The minimum absolute atomic E-state index is 0.127. The van der Waals surface area contributed by atoms with Crippen LogP contribution >= 0.6 is 0 Å². The molecule has 1 aromatic rings. The number of aliphatic hydroxyl groups is 1. The number of anilines is 1. The number of phenols is 1. The molecule has 4 N–H and O–H groups in total. The maximum Gasteiger partial charge on any atom is 0.138 e. The first-order valence-corrected chi connectivity index (χ1v) is 6.55. The summed E-state index contributed by atoms with van der Waals surface area (Å²) in [6.07, 6.45) is 2.52. The SMILES string of the molecule is CC(Cc1ccc(O)c(N)c1)N1CCC(O)CC1. The third kappa shape index (κ3) is 3.15. The standard InChI is InChI=1S/C14H22N2O2/c1-10(16-6-4-12(17)5-7-16)8-11-2-3-14(18)13(15)9-11/h2-3,9-10,12,17-18H,4-8,15H2,1H3. The Kier molecular flexibility index (Phi) is 4.09. The van der Waals surface area contributed by atoms with E-state index in [0.29, 0.717) is 11.7 Å². The molecule has 4 heteroatoms. The topological polar surface area (TPSA) is 69.7 Å². The molecule has 0 radical (unpaired) electrons. The molecule has 18 heavy (non-hydrogen) atoms. The van der Waals surface area contributed by atoms with E-state index in [-0.39, 0.29) is 11.9 Å². The summed E-state index contributed by atoms with van der Waals surface area (Å²) in [5.74, 6) is 0.146. The van der Waals surface area contributed by atoms with Gasteiger partial charge in [0.25, 0.3) is 0 Å². The minimum atomic E-state index is -0.127. The maximum atomic E-state index is 9.49. The van der Waals surface area contributed by atoms with Crippen LogP contribution in [-0.2, 0) is 6.42 Å². The van der Waals surface area contributed by atoms with Gasteiger partial charge >= 0.3 is 0 Å². The highest BCUT2D eigenvalue weighted by molar-refractivity contribution is 5.53. The highest BCUT2D eigenvalue weighted by Crippen LogP contribution is 2.22. The number of piperidine rings is 1. The molecule has 0 bridgehead atoms. The van der Waals surface area contributed by atoms with Crippen LogP contribution in [0.5, 0.6) is 5.75 Å². The third-order valence-corrected chi connectivity index (χ3v) is 3.75. The Morgan fingerprint density at radius 2 is 2.06 bits per heavy atom. The predicted octanol–water partition coefficient (Wildman–Crippen LogP) is 1.36. The Morgan fingerprint density at radius 3 is 2.67 bits per heavy atom. The quantitative estimate of drug-likeness (QED) is 0.559. The van der Waals surface area contributed by atoms with Crippen molar-refractivity contribution < 1.29 is 10.2 Å². The first-order chi connectivity index (χ1) is 8.56. The van der Waals surface area contributed by atoms with Crippen LogP contribution < -0.4 is 5.73 Å². The molecule has 4 nitrogen and oxygen atoms in total. The Hall–Kier alpha value is -1.26. The van der Waals surface area contributed by atoms with Crippen LogP contribution in [0.15, 0.2) is 18.2 Å². The Morgan fingerprint density at radius 1 is 1.39 bits per heavy atom. The molecule has 1 unspecified atom stereocenters. The average Bonchev–Trinajstić information content (AvgIpc) is 2.34. The first-order valence-electron chi connectivity index (χ1n) is 6.55. The molecule has 0 aromatic heterocycles. The van der Waals surface area contributed by atoms with Gasteiger partial charge in [-0.1, -0.05) is 6.07 Å². The van der Waals surface area contributed by atoms with Crippen LogP contribution in [0.1, 0.15) is 25.3 Å². The fourth-order valence-electron chi connectivity index (χ4n) is 2.53. The van der Waals surface area contributed by atoms with Gasteiger partial charge in [0.2, 0.25) is 0 Å². The van der Waals surface area contributed by atoms with E-state index in [2.05, 4.69) is 11.8 Å². The zero-order valence-corrected chi connectivity index (χ0v) is 10.8. The molecule has 1 fully saturated rings. The van der Waals surface area contributed by atoms with Gasteiger partial charge in [0.15, 0.2) is 0 Å². The number of rotatable bonds is 3. The molecule has 100 valence electrons. The molecule has 1 aliphatic heterocycles. The maximum absolute atomic E-state index is 9.49. The number of aliphatic hydroxyl groups excluding tert-OH is 1. The van der Waals surface area contributed by atoms with Gasteiger partial charge in [-0.2, -0.15) is 0 Å². The van der Waals surface area contributed by atoms with Crippen molar-refractivity contribution in [2.24, 2.45) is 0 Å². The van der Waals surface area contributed by atoms with Crippen molar-refractivity contribution in [3.05, 3.63) is 23.8 Å². The Bertz CT molecular complexity index is 401. The zero-order valence-electron chi connectivity index (χ0n) is 10.8. The number of hydrogen-bond acceptors (Lipinski definition) is 4. The van der Waals surface area contributed by atoms with Crippen LogP contribution in [0.2, 0.25) is 0 Å². The van der Waals surface area contributed by atoms with Crippen molar-refractivity contribution in [3.63, 3.8) is 0 Å². The average molecular weight is 250 g/mol. The number of nitrogens with two attached hydrogens (primary N) is 1. The van der Waals surface area contributed by atoms with Gasteiger partial charge in [-0.05, 0) is 43.9 Å². The normalized spacial score (nSPS) is 19.9. The summed E-state index contributed by atoms with van der Waals surface area (Å²) in [4.78, 5) is 2.40. The van der Waals surface area contributed by atoms with Gasteiger partial charge in [0.1, 0.15) is 5.75 Å². The number of nitrogens with zero attached hydrogens (tertiary/aromatic N) is 1. The highest BCUT2D eigenvalue weighted by Gasteiger charge is 2.21. The second-order valence-electron chi connectivity index (χ2n) is 5.21. The largest absolute Gasteiger partial charge is 0.506 e. The van der Waals surface area contributed by atoms with Gasteiger partial charge < -0.3 is 20.8 Å². The summed E-state index contributed by atoms with van der Waals surface area (Å²) < 4.78 is 0. The van der Waals surface area contributed by atoms with E-state index in [1.165, 1.54) is 0 Å². The van der Waals surface area contributed by atoms with Crippen molar-refractivity contribution in [3.8, 4) is 5.75 Å². The lowest BCUT2D eigenvalue weighted by Gasteiger charge is -2.34. The van der Waals surface area contributed by atoms with E-state index < -0.39 is 0 Å². The summed E-state index contributed by atoms with van der Waals surface area (Å²) in [6, 6.07) is 5.84. The van der Waals surface area contributed by atoms with E-state index in [1.54, 1.807) is 6.07 Å². The second kappa shape index (κ2) is 5.59. The Labute approximate surface area is 108 Å². The van der Waals surface area contributed by atoms with Crippen LogP contribution in [0.4, 0.5) is 5.69 Å². The lowest BCUT2D eigenvalue weighted by molar-refractivity contribution is 0.0648. The van der Waals surface area contributed by atoms with E-state index >= 15 is 0 Å².